The van der Waals surface area contributed by atoms with Crippen LogP contribution in [0.1, 0.15) is 44.9 Å². The van der Waals surface area contributed by atoms with E-state index >= 15 is 0 Å². The second kappa shape index (κ2) is 6.07. The van der Waals surface area contributed by atoms with Crippen molar-refractivity contribution >= 4 is 21.8 Å². The molecule has 1 aromatic heterocycles. The predicted octanol–water partition coefficient (Wildman–Crippen LogP) is 2.44. The molecule has 0 aliphatic heterocycles. The number of thioether (sulfide) groups is 1. The van der Waals surface area contributed by atoms with Gasteiger partial charge in [-0.3, -0.25) is 0 Å². The van der Waals surface area contributed by atoms with E-state index in [1.165, 1.54) is 10.5 Å². The molecule has 0 bridgehead atoms. The van der Waals surface area contributed by atoms with Crippen LogP contribution in [-0.4, -0.2) is 47.3 Å². The highest BCUT2D eigenvalue weighted by molar-refractivity contribution is 7.99. The highest BCUT2D eigenvalue weighted by Crippen LogP contribution is 2.33. The summed E-state index contributed by atoms with van der Waals surface area (Å²) in [4.78, 5) is 7.11. The van der Waals surface area contributed by atoms with E-state index in [4.69, 9.17) is 0 Å². The summed E-state index contributed by atoms with van der Waals surface area (Å²) in [6.07, 6.45) is 6.61. The molecule has 1 aliphatic rings. The Balaban J connectivity index is 2.24. The number of imidazole rings is 1. The number of aromatic amines is 1. The maximum absolute atomic E-state index is 12.7. The molecule has 0 spiro atoms. The van der Waals surface area contributed by atoms with E-state index in [-0.39, 0.29) is 17.0 Å². The summed E-state index contributed by atoms with van der Waals surface area (Å²) in [6, 6.07) is 0.0841. The van der Waals surface area contributed by atoms with Gasteiger partial charge >= 0.3 is 0 Å². The molecule has 1 N–H and O–H groups in total. The molecule has 1 aromatic rings. The molecule has 114 valence electrons. The average Bonchev–Trinajstić information content (AvgIpc) is 3.06. The molecule has 0 saturated heterocycles. The molecule has 1 saturated carbocycles. The normalized spacial score (nSPS) is 23.9. The van der Waals surface area contributed by atoms with Crippen molar-refractivity contribution < 1.29 is 8.42 Å². The van der Waals surface area contributed by atoms with E-state index in [1.807, 2.05) is 13.8 Å². The van der Waals surface area contributed by atoms with Crippen molar-refractivity contribution in [2.24, 2.45) is 0 Å². The lowest BCUT2D eigenvalue weighted by atomic mass is 10.2. The zero-order valence-corrected chi connectivity index (χ0v) is 14.1. The van der Waals surface area contributed by atoms with Crippen molar-refractivity contribution in [2.75, 3.05) is 13.3 Å². The second-order valence-corrected chi connectivity index (χ2v) is 8.62. The van der Waals surface area contributed by atoms with Gasteiger partial charge in [0.25, 0.3) is 10.0 Å². The van der Waals surface area contributed by atoms with Crippen LogP contribution in [0.3, 0.4) is 0 Å². The van der Waals surface area contributed by atoms with Crippen LogP contribution in [0.25, 0.3) is 0 Å². The third-order valence-corrected chi connectivity index (χ3v) is 6.91. The molecule has 2 rings (SSSR count). The number of sulfonamides is 1. The second-order valence-electron chi connectivity index (χ2n) is 5.58. The first-order valence-corrected chi connectivity index (χ1v) is 9.66. The Kier molecular flexibility index (Phi) is 4.81. The number of rotatable bonds is 5. The Morgan fingerprint density at radius 3 is 2.70 bits per heavy atom. The van der Waals surface area contributed by atoms with E-state index in [1.54, 1.807) is 18.8 Å². The lowest BCUT2D eigenvalue weighted by molar-refractivity contribution is 0.377. The summed E-state index contributed by atoms with van der Waals surface area (Å²) in [5.41, 5.74) is 0. The minimum atomic E-state index is -3.48. The molecule has 5 nitrogen and oxygen atoms in total. The zero-order valence-electron chi connectivity index (χ0n) is 12.5. The quantitative estimate of drug-likeness (QED) is 0.906. The fraction of sp³-hybridized carbons (Fsp3) is 0.769. The van der Waals surface area contributed by atoms with Crippen LogP contribution in [0.2, 0.25) is 0 Å². The van der Waals surface area contributed by atoms with Crippen LogP contribution in [0, 0.1) is 0 Å². The zero-order chi connectivity index (χ0) is 14.9. The van der Waals surface area contributed by atoms with Gasteiger partial charge < -0.3 is 4.98 Å². The third kappa shape index (κ3) is 2.89. The maximum atomic E-state index is 12.7. The van der Waals surface area contributed by atoms with Crippen LogP contribution in [0.5, 0.6) is 0 Å². The Hall–Kier alpha value is -0.530. The summed E-state index contributed by atoms with van der Waals surface area (Å²) in [7, 11) is -1.79. The van der Waals surface area contributed by atoms with Gasteiger partial charge in [-0.1, -0.05) is 20.3 Å². The van der Waals surface area contributed by atoms with Gasteiger partial charge in [0.05, 0.1) is 6.20 Å². The topological polar surface area (TPSA) is 66.1 Å². The standard InChI is InChI=1S/C13H23N3O2S2/c1-9(2)13-14-8-12(15-13)20(17,18)16(3)10-6-5-7-11(10)19-4/h8-11H,5-7H2,1-4H3,(H,14,15)/t10-,11-/m1/s1. The van der Waals surface area contributed by atoms with E-state index < -0.39 is 10.0 Å². The minimum absolute atomic E-state index is 0.0841. The number of hydrogen-bond acceptors (Lipinski definition) is 4. The van der Waals surface area contributed by atoms with Crippen molar-refractivity contribution in [1.82, 2.24) is 14.3 Å². The van der Waals surface area contributed by atoms with E-state index in [9.17, 15) is 8.42 Å². The number of aromatic nitrogens is 2. The van der Waals surface area contributed by atoms with Crippen LogP contribution in [0.4, 0.5) is 0 Å². The molecule has 7 heteroatoms. The van der Waals surface area contributed by atoms with Crippen LogP contribution >= 0.6 is 11.8 Å². The fourth-order valence-electron chi connectivity index (χ4n) is 2.67. The average molecular weight is 317 g/mol. The fourth-order valence-corrected chi connectivity index (χ4v) is 5.12. The molecule has 0 aromatic carbocycles. The summed E-state index contributed by atoms with van der Waals surface area (Å²) < 4.78 is 26.9. The first-order valence-electron chi connectivity index (χ1n) is 6.93. The molecule has 0 unspecified atom stereocenters. The predicted molar refractivity (Wildman–Crippen MR) is 82.6 cm³/mol. The van der Waals surface area contributed by atoms with Crippen molar-refractivity contribution in [3.8, 4) is 0 Å². The van der Waals surface area contributed by atoms with Crippen LogP contribution < -0.4 is 0 Å². The highest BCUT2D eigenvalue weighted by atomic mass is 32.2. The Morgan fingerprint density at radius 1 is 1.45 bits per heavy atom. The summed E-state index contributed by atoms with van der Waals surface area (Å²) in [5, 5.41) is 0.595. The SMILES string of the molecule is CS[C@@H]1CCC[C@H]1N(C)S(=O)(=O)c1cnc(C(C)C)[nH]1. The van der Waals surface area contributed by atoms with Crippen molar-refractivity contribution in [2.45, 2.75) is 55.3 Å². The Labute approximate surface area is 125 Å². The molecule has 1 heterocycles. The maximum Gasteiger partial charge on any atom is 0.260 e. The van der Waals surface area contributed by atoms with Crippen molar-refractivity contribution in [3.05, 3.63) is 12.0 Å². The van der Waals surface area contributed by atoms with Crippen molar-refractivity contribution in [3.63, 3.8) is 0 Å². The van der Waals surface area contributed by atoms with Gasteiger partial charge in [0, 0.05) is 24.3 Å². The van der Waals surface area contributed by atoms with E-state index in [0.717, 1.165) is 19.3 Å². The van der Waals surface area contributed by atoms with Gasteiger partial charge in [-0.05, 0) is 19.1 Å². The van der Waals surface area contributed by atoms with Crippen LogP contribution in [0.15, 0.2) is 11.2 Å². The van der Waals surface area contributed by atoms with Gasteiger partial charge in [-0.15, -0.1) is 0 Å². The Morgan fingerprint density at radius 2 is 2.15 bits per heavy atom. The Bertz CT molecular complexity index is 554. The number of H-pyrrole nitrogens is 1. The molecule has 0 amide bonds. The number of nitrogens with one attached hydrogen (secondary N) is 1. The largest absolute Gasteiger partial charge is 0.332 e. The first-order chi connectivity index (χ1) is 9.37. The molecule has 1 aliphatic carbocycles. The van der Waals surface area contributed by atoms with Gasteiger partial charge in [0.2, 0.25) is 0 Å². The minimum Gasteiger partial charge on any atom is -0.332 e. The monoisotopic (exact) mass is 317 g/mol. The lowest BCUT2D eigenvalue weighted by Gasteiger charge is -2.27. The smallest absolute Gasteiger partial charge is 0.260 e. The van der Waals surface area contributed by atoms with E-state index in [2.05, 4.69) is 16.2 Å². The van der Waals surface area contributed by atoms with Crippen LogP contribution in [-0.2, 0) is 10.0 Å². The highest BCUT2D eigenvalue weighted by Gasteiger charge is 2.37. The molecule has 0 radical (unpaired) electrons. The van der Waals surface area contributed by atoms with Gasteiger partial charge in [-0.25, -0.2) is 13.4 Å². The van der Waals surface area contributed by atoms with Gasteiger partial charge in [-0.2, -0.15) is 16.1 Å². The summed E-state index contributed by atoms with van der Waals surface area (Å²) in [5.74, 6) is 0.902. The first kappa shape index (κ1) is 15.9. The van der Waals surface area contributed by atoms with E-state index in [0.29, 0.717) is 11.1 Å². The summed E-state index contributed by atoms with van der Waals surface area (Å²) >= 11 is 1.76. The molecule has 2 atom stereocenters. The van der Waals surface area contributed by atoms with Crippen molar-refractivity contribution in [1.29, 1.82) is 0 Å². The summed E-state index contributed by atoms with van der Waals surface area (Å²) in [6.45, 7) is 3.97. The molecular weight excluding hydrogens is 294 g/mol. The third-order valence-electron chi connectivity index (χ3n) is 3.96. The molecule has 1 fully saturated rings. The van der Waals surface area contributed by atoms with Gasteiger partial charge in [0.1, 0.15) is 5.82 Å². The lowest BCUT2D eigenvalue weighted by Crippen LogP contribution is -2.40. The molecule has 20 heavy (non-hydrogen) atoms. The number of hydrogen-bond donors (Lipinski definition) is 1. The number of nitrogens with zero attached hydrogens (tertiary/aromatic N) is 2. The van der Waals surface area contributed by atoms with Gasteiger partial charge in [0.15, 0.2) is 5.03 Å². The molecular formula is C13H23N3O2S2.